The summed E-state index contributed by atoms with van der Waals surface area (Å²) in [6.07, 6.45) is 0. The summed E-state index contributed by atoms with van der Waals surface area (Å²) in [6.45, 7) is 0. The molecule has 98 valence electrons. The van der Waals surface area contributed by atoms with Crippen LogP contribution in [0.4, 0.5) is 0 Å². The van der Waals surface area contributed by atoms with Crippen molar-refractivity contribution in [3.63, 3.8) is 0 Å². The molecule has 1 aromatic rings. The van der Waals surface area contributed by atoms with Gasteiger partial charge in [-0.25, -0.2) is 9.59 Å². The zero-order valence-corrected chi connectivity index (χ0v) is 10.6. The highest BCUT2D eigenvalue weighted by Gasteiger charge is 2.21. The fourth-order valence-electron chi connectivity index (χ4n) is 1.46. The van der Waals surface area contributed by atoms with Crippen LogP contribution in [0.15, 0.2) is 12.1 Å². The van der Waals surface area contributed by atoms with E-state index in [4.69, 9.17) is 9.47 Å². The number of methoxy groups -OCH3 is 4. The number of rotatable bonds is 4. The van der Waals surface area contributed by atoms with E-state index >= 15 is 0 Å². The maximum absolute atomic E-state index is 11.6. The lowest BCUT2D eigenvalue weighted by Crippen LogP contribution is -2.09. The molecular formula is C12H14O6. The van der Waals surface area contributed by atoms with Crippen LogP contribution in [0.2, 0.25) is 0 Å². The average Bonchev–Trinajstić information content (AvgIpc) is 2.43. The van der Waals surface area contributed by atoms with E-state index in [1.165, 1.54) is 40.6 Å². The van der Waals surface area contributed by atoms with Crippen LogP contribution in [0.3, 0.4) is 0 Å². The first-order valence-corrected chi connectivity index (χ1v) is 5.01. The first-order valence-electron chi connectivity index (χ1n) is 5.01. The van der Waals surface area contributed by atoms with Gasteiger partial charge in [-0.15, -0.1) is 0 Å². The zero-order chi connectivity index (χ0) is 13.7. The number of hydrogen-bond acceptors (Lipinski definition) is 6. The van der Waals surface area contributed by atoms with Crippen LogP contribution in [0.5, 0.6) is 11.5 Å². The van der Waals surface area contributed by atoms with Gasteiger partial charge in [0.05, 0.1) is 34.0 Å². The fraction of sp³-hybridized carbons (Fsp3) is 0.333. The van der Waals surface area contributed by atoms with Gasteiger partial charge in [0.1, 0.15) is 5.56 Å². The van der Waals surface area contributed by atoms with E-state index < -0.39 is 11.9 Å². The van der Waals surface area contributed by atoms with Crippen molar-refractivity contribution in [2.24, 2.45) is 0 Å². The Morgan fingerprint density at radius 2 is 1.50 bits per heavy atom. The van der Waals surface area contributed by atoms with E-state index in [-0.39, 0.29) is 22.6 Å². The smallest absolute Gasteiger partial charge is 0.341 e. The summed E-state index contributed by atoms with van der Waals surface area (Å²) < 4.78 is 19.4. The van der Waals surface area contributed by atoms with Crippen molar-refractivity contribution in [2.75, 3.05) is 28.4 Å². The molecule has 0 aliphatic rings. The Balaban J connectivity index is 3.45. The third-order valence-corrected chi connectivity index (χ3v) is 2.31. The number of hydrogen-bond donors (Lipinski definition) is 0. The Kier molecular flexibility index (Phi) is 4.53. The Hall–Kier alpha value is -2.24. The summed E-state index contributed by atoms with van der Waals surface area (Å²) in [5, 5.41) is 0. The SMILES string of the molecule is COC(=O)c1cc(OC)c(OC)c(C(=O)OC)c1. The second kappa shape index (κ2) is 5.90. The molecule has 0 aliphatic heterocycles. The lowest BCUT2D eigenvalue weighted by atomic mass is 10.1. The van der Waals surface area contributed by atoms with Gasteiger partial charge < -0.3 is 18.9 Å². The molecule has 0 saturated carbocycles. The molecule has 6 heteroatoms. The molecular weight excluding hydrogens is 240 g/mol. The Bertz CT molecular complexity index is 466. The van der Waals surface area contributed by atoms with Gasteiger partial charge in [-0.2, -0.15) is 0 Å². The standard InChI is InChI=1S/C12H14O6/c1-15-9-6-7(11(13)17-3)5-8(10(9)16-2)12(14)18-4/h5-6H,1-4H3. The summed E-state index contributed by atoms with van der Waals surface area (Å²) in [5.74, 6) is -0.755. The van der Waals surface area contributed by atoms with Gasteiger partial charge in [-0.1, -0.05) is 0 Å². The maximum Gasteiger partial charge on any atom is 0.341 e. The van der Waals surface area contributed by atoms with Crippen LogP contribution in [-0.2, 0) is 9.47 Å². The molecule has 0 saturated heterocycles. The van der Waals surface area contributed by atoms with Gasteiger partial charge in [0.15, 0.2) is 11.5 Å². The Labute approximate surface area is 104 Å². The van der Waals surface area contributed by atoms with Crippen molar-refractivity contribution in [1.82, 2.24) is 0 Å². The van der Waals surface area contributed by atoms with E-state index in [1.807, 2.05) is 0 Å². The Morgan fingerprint density at radius 3 is 1.94 bits per heavy atom. The van der Waals surface area contributed by atoms with E-state index in [9.17, 15) is 9.59 Å². The van der Waals surface area contributed by atoms with Crippen molar-refractivity contribution < 1.29 is 28.5 Å². The van der Waals surface area contributed by atoms with Gasteiger partial charge in [0, 0.05) is 0 Å². The van der Waals surface area contributed by atoms with Crippen LogP contribution < -0.4 is 9.47 Å². The predicted molar refractivity (Wildman–Crippen MR) is 62.2 cm³/mol. The van der Waals surface area contributed by atoms with Gasteiger partial charge in [0.25, 0.3) is 0 Å². The molecule has 0 spiro atoms. The number of carbonyl (C=O) groups is 2. The molecule has 0 fully saturated rings. The minimum absolute atomic E-state index is 0.0970. The summed E-state index contributed by atoms with van der Waals surface area (Å²) in [4.78, 5) is 23.1. The average molecular weight is 254 g/mol. The molecule has 0 atom stereocenters. The zero-order valence-electron chi connectivity index (χ0n) is 10.6. The molecule has 0 unspecified atom stereocenters. The van der Waals surface area contributed by atoms with E-state index in [0.29, 0.717) is 0 Å². The highest BCUT2D eigenvalue weighted by atomic mass is 16.5. The fourth-order valence-corrected chi connectivity index (χ4v) is 1.46. The number of ether oxygens (including phenoxy) is 4. The monoisotopic (exact) mass is 254 g/mol. The number of carbonyl (C=O) groups excluding carboxylic acids is 2. The predicted octanol–water partition coefficient (Wildman–Crippen LogP) is 1.28. The summed E-state index contributed by atoms with van der Waals surface area (Å²) in [5.41, 5.74) is 0.273. The molecule has 0 bridgehead atoms. The summed E-state index contributed by atoms with van der Waals surface area (Å²) >= 11 is 0. The van der Waals surface area contributed by atoms with Crippen LogP contribution in [0.1, 0.15) is 20.7 Å². The van der Waals surface area contributed by atoms with Crippen molar-refractivity contribution in [2.45, 2.75) is 0 Å². The van der Waals surface area contributed by atoms with Crippen LogP contribution in [-0.4, -0.2) is 40.4 Å². The van der Waals surface area contributed by atoms with E-state index in [0.717, 1.165) is 0 Å². The molecule has 0 aliphatic carbocycles. The highest BCUT2D eigenvalue weighted by Crippen LogP contribution is 2.33. The normalized spacial score (nSPS) is 9.56. The van der Waals surface area contributed by atoms with E-state index in [2.05, 4.69) is 9.47 Å². The highest BCUT2D eigenvalue weighted by molar-refractivity contribution is 5.98. The molecule has 1 rings (SSSR count). The van der Waals surface area contributed by atoms with Gasteiger partial charge in [-0.3, -0.25) is 0 Å². The third kappa shape index (κ3) is 2.53. The van der Waals surface area contributed by atoms with Gasteiger partial charge in [0.2, 0.25) is 0 Å². The van der Waals surface area contributed by atoms with Gasteiger partial charge >= 0.3 is 11.9 Å². The second-order valence-electron chi connectivity index (χ2n) is 3.24. The molecule has 18 heavy (non-hydrogen) atoms. The van der Waals surface area contributed by atoms with Gasteiger partial charge in [-0.05, 0) is 12.1 Å². The number of esters is 2. The molecule has 1 aromatic carbocycles. The topological polar surface area (TPSA) is 71.1 Å². The lowest BCUT2D eigenvalue weighted by molar-refractivity contribution is 0.0595. The van der Waals surface area contributed by atoms with Crippen molar-refractivity contribution in [1.29, 1.82) is 0 Å². The molecule has 0 radical (unpaired) electrons. The van der Waals surface area contributed by atoms with Crippen molar-refractivity contribution >= 4 is 11.9 Å². The van der Waals surface area contributed by atoms with Crippen LogP contribution in [0.25, 0.3) is 0 Å². The molecule has 0 aromatic heterocycles. The molecule has 0 N–H and O–H groups in total. The summed E-state index contributed by atoms with van der Waals surface area (Å²) in [7, 11) is 5.28. The lowest BCUT2D eigenvalue weighted by Gasteiger charge is -2.13. The minimum atomic E-state index is -0.629. The second-order valence-corrected chi connectivity index (χ2v) is 3.24. The maximum atomic E-state index is 11.6. The number of benzene rings is 1. The van der Waals surface area contributed by atoms with E-state index in [1.54, 1.807) is 0 Å². The van der Waals surface area contributed by atoms with Crippen LogP contribution >= 0.6 is 0 Å². The first kappa shape index (κ1) is 13.8. The molecule has 0 heterocycles. The molecule has 0 amide bonds. The van der Waals surface area contributed by atoms with Crippen molar-refractivity contribution in [3.8, 4) is 11.5 Å². The largest absolute Gasteiger partial charge is 0.493 e. The third-order valence-electron chi connectivity index (χ3n) is 2.31. The van der Waals surface area contributed by atoms with Crippen LogP contribution in [0, 0.1) is 0 Å². The molecule has 6 nitrogen and oxygen atoms in total. The first-order chi connectivity index (χ1) is 8.58. The Morgan fingerprint density at radius 1 is 0.889 bits per heavy atom. The minimum Gasteiger partial charge on any atom is -0.493 e. The van der Waals surface area contributed by atoms with Crippen molar-refractivity contribution in [3.05, 3.63) is 23.3 Å². The summed E-state index contributed by atoms with van der Waals surface area (Å²) in [6, 6.07) is 2.76. The quantitative estimate of drug-likeness (QED) is 0.754.